The number of benzene rings is 1. The Hall–Kier alpha value is -1.70. The third kappa shape index (κ3) is 2.04. The monoisotopic (exact) mass is 202 g/mol. The van der Waals surface area contributed by atoms with Gasteiger partial charge in [0.15, 0.2) is 0 Å². The van der Waals surface area contributed by atoms with Gasteiger partial charge >= 0.3 is 0 Å². The molecule has 0 saturated heterocycles. The molecule has 0 heterocycles. The Morgan fingerprint density at radius 2 is 1.73 bits per heavy atom. The van der Waals surface area contributed by atoms with E-state index in [1.165, 1.54) is 0 Å². The highest BCUT2D eigenvalue weighted by Gasteiger charge is 2.18. The molecule has 1 aliphatic rings. The molecule has 2 heteroatoms. The molecule has 2 nitrogen and oxygen atoms in total. The van der Waals surface area contributed by atoms with Gasteiger partial charge in [-0.1, -0.05) is 25.1 Å². The summed E-state index contributed by atoms with van der Waals surface area (Å²) in [6.07, 6.45) is 5.56. The highest BCUT2D eigenvalue weighted by molar-refractivity contribution is 5.35. The van der Waals surface area contributed by atoms with Gasteiger partial charge < -0.3 is 10.2 Å². The molecule has 0 amide bonds. The van der Waals surface area contributed by atoms with Gasteiger partial charge in [0.05, 0.1) is 0 Å². The average molecular weight is 202 g/mol. The molecule has 1 aromatic carbocycles. The largest absolute Gasteiger partial charge is 0.508 e. The Kier molecular flexibility index (Phi) is 2.50. The van der Waals surface area contributed by atoms with Crippen LogP contribution in [-0.2, 0) is 0 Å². The van der Waals surface area contributed by atoms with Crippen molar-refractivity contribution < 1.29 is 10.2 Å². The summed E-state index contributed by atoms with van der Waals surface area (Å²) in [5, 5.41) is 18.5. The van der Waals surface area contributed by atoms with Crippen molar-refractivity contribution in [3.8, 4) is 5.75 Å². The number of phenols is 1. The van der Waals surface area contributed by atoms with E-state index in [9.17, 15) is 10.2 Å². The minimum absolute atomic E-state index is 0.277. The summed E-state index contributed by atoms with van der Waals surface area (Å²) in [6, 6.07) is 7.20. The van der Waals surface area contributed by atoms with Crippen molar-refractivity contribution in [1.29, 1.82) is 0 Å². The highest BCUT2D eigenvalue weighted by Crippen LogP contribution is 2.31. The van der Waals surface area contributed by atoms with Crippen molar-refractivity contribution in [2.24, 2.45) is 5.92 Å². The lowest BCUT2D eigenvalue weighted by atomic mass is 9.84. The first-order valence-corrected chi connectivity index (χ1v) is 5.05. The van der Waals surface area contributed by atoms with Gasteiger partial charge in [0, 0.05) is 5.92 Å². The van der Waals surface area contributed by atoms with Crippen molar-refractivity contribution in [1.82, 2.24) is 0 Å². The molecule has 2 atom stereocenters. The van der Waals surface area contributed by atoms with Crippen LogP contribution in [0, 0.1) is 5.92 Å². The Balaban J connectivity index is 2.26. The van der Waals surface area contributed by atoms with Crippen LogP contribution in [0.2, 0.25) is 0 Å². The highest BCUT2D eigenvalue weighted by atomic mass is 16.3. The lowest BCUT2D eigenvalue weighted by Gasteiger charge is -2.21. The Bertz CT molecular complexity index is 401. The van der Waals surface area contributed by atoms with Crippen LogP contribution < -0.4 is 0 Å². The molecule has 0 bridgehead atoms. The van der Waals surface area contributed by atoms with E-state index >= 15 is 0 Å². The summed E-state index contributed by atoms with van der Waals surface area (Å²) in [5.74, 6) is 1.17. The number of phenolic OH excluding ortho intramolecular Hbond substituents is 1. The first-order chi connectivity index (χ1) is 7.16. The van der Waals surface area contributed by atoms with E-state index in [1.807, 2.05) is 24.3 Å². The molecule has 0 aliphatic heterocycles. The molecular weight excluding hydrogens is 188 g/mol. The summed E-state index contributed by atoms with van der Waals surface area (Å²) in [4.78, 5) is 0. The second kappa shape index (κ2) is 3.81. The van der Waals surface area contributed by atoms with Crippen molar-refractivity contribution in [2.45, 2.75) is 12.8 Å². The van der Waals surface area contributed by atoms with Crippen molar-refractivity contribution in [3.05, 3.63) is 53.8 Å². The molecule has 2 rings (SSSR count). The predicted octanol–water partition coefficient (Wildman–Crippen LogP) is 3.12. The molecule has 2 unspecified atom stereocenters. The molecule has 0 spiro atoms. The molecule has 0 radical (unpaired) electrons. The molecule has 0 aromatic heterocycles. The first kappa shape index (κ1) is 9.84. The van der Waals surface area contributed by atoms with Crippen LogP contribution in [0.4, 0.5) is 0 Å². The zero-order valence-electron chi connectivity index (χ0n) is 8.59. The average Bonchev–Trinajstić information content (AvgIpc) is 2.20. The van der Waals surface area contributed by atoms with Crippen LogP contribution in [0.25, 0.3) is 0 Å². The maximum Gasteiger partial charge on any atom is 0.115 e. The van der Waals surface area contributed by atoms with Crippen molar-refractivity contribution >= 4 is 0 Å². The topological polar surface area (TPSA) is 40.5 Å². The summed E-state index contributed by atoms with van der Waals surface area (Å²) >= 11 is 0. The number of rotatable bonds is 1. The SMILES string of the molecule is CC1C=C(O)C=CC1c1ccc(O)cc1. The van der Waals surface area contributed by atoms with Crippen LogP contribution in [0.5, 0.6) is 5.75 Å². The van der Waals surface area contributed by atoms with E-state index < -0.39 is 0 Å². The smallest absolute Gasteiger partial charge is 0.115 e. The third-order valence-corrected chi connectivity index (χ3v) is 2.75. The Morgan fingerprint density at radius 3 is 2.33 bits per heavy atom. The van der Waals surface area contributed by atoms with Gasteiger partial charge in [-0.15, -0.1) is 0 Å². The zero-order chi connectivity index (χ0) is 10.8. The fourth-order valence-corrected chi connectivity index (χ4v) is 1.92. The molecule has 1 aromatic rings. The van der Waals surface area contributed by atoms with Gasteiger partial charge in [0.1, 0.15) is 11.5 Å². The predicted molar refractivity (Wildman–Crippen MR) is 59.9 cm³/mol. The molecule has 2 N–H and O–H groups in total. The van der Waals surface area contributed by atoms with E-state index in [2.05, 4.69) is 6.92 Å². The molecular formula is C13H14O2. The van der Waals surface area contributed by atoms with Gasteiger partial charge in [0.25, 0.3) is 0 Å². The van der Waals surface area contributed by atoms with Gasteiger partial charge in [-0.3, -0.25) is 0 Å². The Labute approximate surface area is 89.2 Å². The van der Waals surface area contributed by atoms with Crippen LogP contribution >= 0.6 is 0 Å². The van der Waals surface area contributed by atoms with Crippen LogP contribution in [0.1, 0.15) is 18.4 Å². The number of aliphatic hydroxyl groups is 1. The van der Waals surface area contributed by atoms with Gasteiger partial charge in [-0.25, -0.2) is 0 Å². The third-order valence-electron chi connectivity index (χ3n) is 2.75. The van der Waals surface area contributed by atoms with Gasteiger partial charge in [0.2, 0.25) is 0 Å². The summed E-state index contributed by atoms with van der Waals surface area (Å²) in [6.45, 7) is 2.07. The number of hydrogen-bond acceptors (Lipinski definition) is 2. The summed E-state index contributed by atoms with van der Waals surface area (Å²) in [7, 11) is 0. The molecule has 0 fully saturated rings. The second-order valence-electron chi connectivity index (χ2n) is 3.93. The number of aliphatic hydroxyl groups excluding tert-OH is 1. The van der Waals surface area contributed by atoms with Crippen LogP contribution in [-0.4, -0.2) is 10.2 Å². The number of allylic oxidation sites excluding steroid dienone is 3. The minimum Gasteiger partial charge on any atom is -0.508 e. The van der Waals surface area contributed by atoms with E-state index in [4.69, 9.17) is 0 Å². The lowest BCUT2D eigenvalue weighted by Crippen LogP contribution is -2.08. The van der Waals surface area contributed by atoms with Gasteiger partial charge in [-0.2, -0.15) is 0 Å². The van der Waals surface area contributed by atoms with Crippen LogP contribution in [0.15, 0.2) is 48.3 Å². The molecule has 0 saturated carbocycles. The quantitative estimate of drug-likeness (QED) is 0.734. The standard InChI is InChI=1S/C13H14O2/c1-9-8-12(15)6-7-13(9)10-2-4-11(14)5-3-10/h2-9,13-15H,1H3. The van der Waals surface area contributed by atoms with E-state index in [1.54, 1.807) is 18.2 Å². The van der Waals surface area contributed by atoms with Gasteiger partial charge in [-0.05, 0) is 35.8 Å². The second-order valence-corrected chi connectivity index (χ2v) is 3.93. The van der Waals surface area contributed by atoms with Crippen molar-refractivity contribution in [3.63, 3.8) is 0 Å². The number of aromatic hydroxyl groups is 1. The molecule has 1 aliphatic carbocycles. The van der Waals surface area contributed by atoms with E-state index in [-0.39, 0.29) is 17.6 Å². The fourth-order valence-electron chi connectivity index (χ4n) is 1.92. The first-order valence-electron chi connectivity index (χ1n) is 5.05. The normalized spacial score (nSPS) is 25.0. The van der Waals surface area contributed by atoms with E-state index in [0.29, 0.717) is 5.76 Å². The minimum atomic E-state index is 0.277. The lowest BCUT2D eigenvalue weighted by molar-refractivity contribution is 0.415. The maximum atomic E-state index is 9.32. The zero-order valence-corrected chi connectivity index (χ0v) is 8.59. The maximum absolute atomic E-state index is 9.32. The fraction of sp³-hybridized carbons (Fsp3) is 0.231. The Morgan fingerprint density at radius 1 is 1.07 bits per heavy atom. The van der Waals surface area contributed by atoms with Crippen LogP contribution in [0.3, 0.4) is 0 Å². The van der Waals surface area contributed by atoms with Crippen molar-refractivity contribution in [2.75, 3.05) is 0 Å². The molecule has 78 valence electrons. The summed E-state index contributed by atoms with van der Waals surface area (Å²) < 4.78 is 0. The number of hydrogen-bond donors (Lipinski definition) is 2. The summed E-state index contributed by atoms with van der Waals surface area (Å²) in [5.41, 5.74) is 1.15. The van der Waals surface area contributed by atoms with E-state index in [0.717, 1.165) is 5.56 Å². The molecule has 15 heavy (non-hydrogen) atoms.